The Morgan fingerprint density at radius 3 is 2.48 bits per heavy atom. The largest absolute Gasteiger partial charge is 0.469 e. The number of amides is 1. The Balaban J connectivity index is 2.69. The van der Waals surface area contributed by atoms with E-state index in [9.17, 15) is 9.59 Å². The highest BCUT2D eigenvalue weighted by Crippen LogP contribution is 2.18. The molecule has 1 atom stereocenters. The molecular formula is C15H20N2O3S. The molecule has 5 nitrogen and oxygen atoms in total. The Hall–Kier alpha value is -1.95. The Kier molecular flexibility index (Phi) is 6.81. The van der Waals surface area contributed by atoms with Gasteiger partial charge in [-0.05, 0) is 12.0 Å². The molecule has 21 heavy (non-hydrogen) atoms. The number of likely N-dealkylation sites (N-methyl/N-ethyl adjacent to an activating group) is 1. The topological polar surface area (TPSA) is 72.6 Å². The van der Waals surface area contributed by atoms with Gasteiger partial charge in [0.2, 0.25) is 5.91 Å². The molecule has 1 amide bonds. The van der Waals surface area contributed by atoms with Gasteiger partial charge in [-0.15, -0.1) is 0 Å². The Labute approximate surface area is 130 Å². The summed E-state index contributed by atoms with van der Waals surface area (Å²) in [6, 6.07) is 9.19. The van der Waals surface area contributed by atoms with Gasteiger partial charge in [0.1, 0.15) is 5.92 Å². The molecule has 1 aromatic rings. The molecule has 0 aliphatic rings. The predicted octanol–water partition coefficient (Wildman–Crippen LogP) is 1.47. The molecule has 0 saturated carbocycles. The molecule has 0 radical (unpaired) electrons. The fraction of sp³-hybridized carbons (Fsp3) is 0.400. The van der Waals surface area contributed by atoms with Crippen LogP contribution in [0.1, 0.15) is 24.3 Å². The van der Waals surface area contributed by atoms with Gasteiger partial charge in [-0.25, -0.2) is 0 Å². The van der Waals surface area contributed by atoms with E-state index in [2.05, 4.69) is 4.74 Å². The molecule has 6 heteroatoms. The standard InChI is InChI=1S/C15H20N2O3S/c1-17(10-6-9-12(18)20-2)15(19)13(14(16)21)11-7-4-3-5-8-11/h3-5,7-8,13H,6,9-10H2,1-2H3,(H2,16,21). The summed E-state index contributed by atoms with van der Waals surface area (Å²) in [6.45, 7) is 0.444. The van der Waals surface area contributed by atoms with Crippen molar-refractivity contribution < 1.29 is 14.3 Å². The van der Waals surface area contributed by atoms with Crippen molar-refractivity contribution in [3.63, 3.8) is 0 Å². The van der Waals surface area contributed by atoms with Crippen molar-refractivity contribution >= 4 is 29.1 Å². The molecule has 1 rings (SSSR count). The molecule has 2 N–H and O–H groups in total. The van der Waals surface area contributed by atoms with Crippen LogP contribution in [0.15, 0.2) is 30.3 Å². The van der Waals surface area contributed by atoms with E-state index in [1.807, 2.05) is 30.3 Å². The molecule has 0 spiro atoms. The number of thiocarbonyl (C=S) groups is 1. The molecular weight excluding hydrogens is 288 g/mol. The van der Waals surface area contributed by atoms with Crippen molar-refractivity contribution in [2.24, 2.45) is 5.73 Å². The lowest BCUT2D eigenvalue weighted by molar-refractivity contribution is -0.141. The van der Waals surface area contributed by atoms with E-state index in [0.29, 0.717) is 13.0 Å². The zero-order chi connectivity index (χ0) is 15.8. The average Bonchev–Trinajstić information content (AvgIpc) is 2.47. The number of nitrogens with two attached hydrogens (primary N) is 1. The van der Waals surface area contributed by atoms with Crippen LogP contribution in [0.25, 0.3) is 0 Å². The van der Waals surface area contributed by atoms with Crippen molar-refractivity contribution in [2.45, 2.75) is 18.8 Å². The van der Waals surface area contributed by atoms with E-state index in [1.54, 1.807) is 11.9 Å². The maximum Gasteiger partial charge on any atom is 0.305 e. The number of hydrogen-bond acceptors (Lipinski definition) is 4. The van der Waals surface area contributed by atoms with Gasteiger partial charge in [0.15, 0.2) is 0 Å². The second kappa shape index (κ2) is 8.36. The Morgan fingerprint density at radius 1 is 1.33 bits per heavy atom. The highest BCUT2D eigenvalue weighted by Gasteiger charge is 2.26. The number of carbonyl (C=O) groups excluding carboxylic acids is 2. The Bertz CT molecular complexity index is 505. The van der Waals surface area contributed by atoms with Crippen molar-refractivity contribution in [1.29, 1.82) is 0 Å². The van der Waals surface area contributed by atoms with Crippen LogP contribution < -0.4 is 5.73 Å². The molecule has 1 aromatic carbocycles. The first-order valence-corrected chi connectivity index (χ1v) is 7.04. The van der Waals surface area contributed by atoms with Crippen LogP contribution in [0, 0.1) is 0 Å². The van der Waals surface area contributed by atoms with Crippen LogP contribution in [-0.4, -0.2) is 42.5 Å². The maximum absolute atomic E-state index is 12.5. The summed E-state index contributed by atoms with van der Waals surface area (Å²) in [5, 5.41) is 0. The first-order valence-electron chi connectivity index (χ1n) is 6.63. The highest BCUT2D eigenvalue weighted by molar-refractivity contribution is 7.80. The quantitative estimate of drug-likeness (QED) is 0.610. The lowest BCUT2D eigenvalue weighted by Crippen LogP contribution is -2.38. The van der Waals surface area contributed by atoms with Crippen LogP contribution in [0.5, 0.6) is 0 Å². The van der Waals surface area contributed by atoms with Crippen molar-refractivity contribution in [3.8, 4) is 0 Å². The number of nitrogens with zero attached hydrogens (tertiary/aromatic N) is 1. The molecule has 0 heterocycles. The lowest BCUT2D eigenvalue weighted by atomic mass is 9.97. The van der Waals surface area contributed by atoms with E-state index in [1.165, 1.54) is 7.11 Å². The van der Waals surface area contributed by atoms with Gasteiger partial charge < -0.3 is 15.4 Å². The highest BCUT2D eigenvalue weighted by atomic mass is 32.1. The second-order valence-electron chi connectivity index (χ2n) is 4.69. The molecule has 0 aliphatic heterocycles. The third kappa shape index (κ3) is 5.15. The van der Waals surface area contributed by atoms with Gasteiger partial charge in [0.25, 0.3) is 0 Å². The van der Waals surface area contributed by atoms with Crippen LogP contribution in [0.4, 0.5) is 0 Å². The molecule has 0 aromatic heterocycles. The predicted molar refractivity (Wildman–Crippen MR) is 84.9 cm³/mol. The molecule has 114 valence electrons. The summed E-state index contributed by atoms with van der Waals surface area (Å²) in [5.41, 5.74) is 6.49. The van der Waals surface area contributed by atoms with Crippen LogP contribution in [0.3, 0.4) is 0 Å². The smallest absolute Gasteiger partial charge is 0.305 e. The summed E-state index contributed by atoms with van der Waals surface area (Å²) in [5.74, 6) is -1.09. The van der Waals surface area contributed by atoms with Gasteiger partial charge >= 0.3 is 5.97 Å². The van der Waals surface area contributed by atoms with Gasteiger partial charge in [-0.3, -0.25) is 9.59 Å². The van der Waals surface area contributed by atoms with Crippen molar-refractivity contribution in [3.05, 3.63) is 35.9 Å². The maximum atomic E-state index is 12.5. The van der Waals surface area contributed by atoms with Crippen molar-refractivity contribution in [1.82, 2.24) is 4.90 Å². The number of benzene rings is 1. The van der Waals surface area contributed by atoms with Gasteiger partial charge in [-0.2, -0.15) is 0 Å². The number of carbonyl (C=O) groups is 2. The minimum atomic E-state index is -0.635. The molecule has 1 unspecified atom stereocenters. The van der Waals surface area contributed by atoms with Crippen LogP contribution >= 0.6 is 12.2 Å². The average molecular weight is 308 g/mol. The fourth-order valence-electron chi connectivity index (χ4n) is 1.97. The van der Waals surface area contributed by atoms with Crippen LogP contribution in [0.2, 0.25) is 0 Å². The summed E-state index contributed by atoms with van der Waals surface area (Å²) in [7, 11) is 3.02. The zero-order valence-corrected chi connectivity index (χ0v) is 13.1. The van der Waals surface area contributed by atoms with E-state index in [-0.39, 0.29) is 23.3 Å². The number of ether oxygens (including phenoxy) is 1. The Morgan fingerprint density at radius 2 is 1.95 bits per heavy atom. The van der Waals surface area contributed by atoms with E-state index in [4.69, 9.17) is 18.0 Å². The van der Waals surface area contributed by atoms with E-state index < -0.39 is 5.92 Å². The second-order valence-corrected chi connectivity index (χ2v) is 5.16. The first-order chi connectivity index (χ1) is 9.97. The van der Waals surface area contributed by atoms with Gasteiger partial charge in [0, 0.05) is 20.0 Å². The number of rotatable bonds is 7. The lowest BCUT2D eigenvalue weighted by Gasteiger charge is -2.23. The minimum absolute atomic E-state index is 0.144. The first kappa shape index (κ1) is 17.1. The van der Waals surface area contributed by atoms with E-state index >= 15 is 0 Å². The van der Waals surface area contributed by atoms with Crippen molar-refractivity contribution in [2.75, 3.05) is 20.7 Å². The van der Waals surface area contributed by atoms with E-state index in [0.717, 1.165) is 5.56 Å². The normalized spacial score (nSPS) is 11.5. The zero-order valence-electron chi connectivity index (χ0n) is 12.2. The SMILES string of the molecule is COC(=O)CCCN(C)C(=O)C(C(N)=S)c1ccccc1. The molecule has 0 saturated heterocycles. The van der Waals surface area contributed by atoms with Crippen LogP contribution in [-0.2, 0) is 14.3 Å². The summed E-state index contributed by atoms with van der Waals surface area (Å²) < 4.78 is 4.56. The number of esters is 1. The van der Waals surface area contributed by atoms with Gasteiger partial charge in [-0.1, -0.05) is 42.5 Å². The number of methoxy groups -OCH3 is 1. The molecule has 0 aliphatic carbocycles. The summed E-state index contributed by atoms with van der Waals surface area (Å²) in [6.07, 6.45) is 0.810. The molecule has 0 fully saturated rings. The third-order valence-electron chi connectivity index (χ3n) is 3.14. The number of hydrogen-bond donors (Lipinski definition) is 1. The van der Waals surface area contributed by atoms with Gasteiger partial charge in [0.05, 0.1) is 12.1 Å². The fourth-order valence-corrected chi connectivity index (χ4v) is 2.20. The summed E-state index contributed by atoms with van der Waals surface area (Å²) >= 11 is 5.02. The summed E-state index contributed by atoms with van der Waals surface area (Å²) in [4.78, 5) is 25.2. The molecule has 0 bridgehead atoms. The minimum Gasteiger partial charge on any atom is -0.469 e. The monoisotopic (exact) mass is 308 g/mol. The third-order valence-corrected chi connectivity index (χ3v) is 3.38.